The van der Waals surface area contributed by atoms with Gasteiger partial charge in [-0.15, -0.1) is 0 Å². The number of alkyl halides is 3. The molecule has 2 nitrogen and oxygen atoms in total. The van der Waals surface area contributed by atoms with Gasteiger partial charge in [0, 0.05) is 34.1 Å². The smallest absolute Gasteiger partial charge is 0.361 e. The van der Waals surface area contributed by atoms with E-state index in [1.807, 2.05) is 13.8 Å². The Morgan fingerprint density at radius 3 is 2.64 bits per heavy atom. The van der Waals surface area contributed by atoms with Gasteiger partial charge in [-0.25, -0.2) is 0 Å². The van der Waals surface area contributed by atoms with Crippen molar-refractivity contribution in [3.8, 4) is 0 Å². The molecule has 0 bridgehead atoms. The van der Waals surface area contributed by atoms with Crippen molar-refractivity contribution in [3.63, 3.8) is 0 Å². The Labute approximate surface area is 131 Å². The van der Waals surface area contributed by atoms with E-state index in [1.54, 1.807) is 24.4 Å². The van der Waals surface area contributed by atoms with Crippen LogP contribution in [0.5, 0.6) is 0 Å². The normalized spacial score (nSPS) is 20.1. The number of halogens is 4. The summed E-state index contributed by atoms with van der Waals surface area (Å²) in [7, 11) is 0. The fraction of sp³-hybridized carbons (Fsp3) is 0.375. The van der Waals surface area contributed by atoms with Crippen LogP contribution in [0.3, 0.4) is 0 Å². The van der Waals surface area contributed by atoms with Crippen LogP contribution in [0.4, 0.5) is 24.5 Å². The van der Waals surface area contributed by atoms with Gasteiger partial charge in [-0.1, -0.05) is 18.5 Å². The van der Waals surface area contributed by atoms with Gasteiger partial charge >= 0.3 is 6.18 Å². The maximum Gasteiger partial charge on any atom is 0.405 e. The predicted octanol–water partition coefficient (Wildman–Crippen LogP) is 3.30. The zero-order chi connectivity index (χ0) is 16.1. The molecule has 1 aromatic rings. The van der Waals surface area contributed by atoms with E-state index >= 15 is 0 Å². The predicted molar refractivity (Wildman–Crippen MR) is 84.3 cm³/mol. The molecule has 2 aliphatic rings. The van der Waals surface area contributed by atoms with E-state index in [4.69, 9.17) is 11.6 Å². The summed E-state index contributed by atoms with van der Waals surface area (Å²) in [5, 5.41) is 5.31. The Morgan fingerprint density at radius 2 is 2.00 bits per heavy atom. The van der Waals surface area contributed by atoms with Crippen LogP contribution in [0.15, 0.2) is 24.4 Å². The fourth-order valence-corrected chi connectivity index (χ4v) is 3.56. The molecule has 0 spiro atoms. The number of fused-ring (bicyclic) bond motifs is 3. The highest BCUT2D eigenvalue weighted by atomic mass is 35.5. The second-order valence-corrected chi connectivity index (χ2v) is 5.91. The van der Waals surface area contributed by atoms with Crippen molar-refractivity contribution in [2.24, 2.45) is 0 Å². The lowest BCUT2D eigenvalue weighted by molar-refractivity contribution is -0.120. The van der Waals surface area contributed by atoms with Crippen molar-refractivity contribution in [2.75, 3.05) is 16.8 Å². The summed E-state index contributed by atoms with van der Waals surface area (Å²) in [6.07, 6.45) is -0.0910. The van der Waals surface area contributed by atoms with Crippen LogP contribution in [0, 0.1) is 0 Å². The first-order valence-corrected chi connectivity index (χ1v) is 7.53. The van der Waals surface area contributed by atoms with E-state index in [0.29, 0.717) is 17.1 Å². The number of nitrogens with zero attached hydrogens (tertiary/aromatic N) is 1. The van der Waals surface area contributed by atoms with Crippen LogP contribution < -0.4 is 20.7 Å². The molecule has 0 saturated carbocycles. The minimum atomic E-state index is -4.24. The number of nitrogens with one attached hydrogen (secondary N) is 1. The van der Waals surface area contributed by atoms with Gasteiger partial charge in [-0.05, 0) is 37.1 Å². The van der Waals surface area contributed by atoms with Crippen molar-refractivity contribution in [1.82, 2.24) is 0 Å². The third-order valence-corrected chi connectivity index (χ3v) is 4.54. The summed E-state index contributed by atoms with van der Waals surface area (Å²) in [5.41, 5.74) is 2.43. The van der Waals surface area contributed by atoms with Crippen LogP contribution in [0.2, 0.25) is 0 Å². The first-order valence-electron chi connectivity index (χ1n) is 7.16. The van der Waals surface area contributed by atoms with Crippen molar-refractivity contribution < 1.29 is 13.2 Å². The number of hydrogen-bond donors (Lipinski definition) is 1. The van der Waals surface area contributed by atoms with Crippen molar-refractivity contribution in [3.05, 3.63) is 34.8 Å². The highest BCUT2D eigenvalue weighted by Crippen LogP contribution is 2.31. The maximum atomic E-state index is 12.9. The second kappa shape index (κ2) is 5.23. The molecular formula is C16H16ClF3N2. The molecule has 2 heterocycles. The average Bonchev–Trinajstić information content (AvgIpc) is 2.70. The lowest BCUT2D eigenvalue weighted by Crippen LogP contribution is -2.39. The minimum absolute atomic E-state index is 0.288. The quantitative estimate of drug-likeness (QED) is 0.896. The standard InChI is InChI=1S/C16H16ClF3N2/c1-3-10-9(2)22(8-16(18,19)20)13-5-4-12-15(14(10)13)11(17)6-7-21-12/h4-7,9,21H,3,8H2,1-2H3. The van der Waals surface area contributed by atoms with Crippen molar-refractivity contribution >= 4 is 33.6 Å². The monoisotopic (exact) mass is 328 g/mol. The first kappa shape index (κ1) is 15.3. The summed E-state index contributed by atoms with van der Waals surface area (Å²) in [6.45, 7) is 2.83. The van der Waals surface area contributed by atoms with E-state index < -0.39 is 12.7 Å². The molecule has 1 aromatic carbocycles. The Balaban J connectivity index is 2.30. The molecule has 0 radical (unpaired) electrons. The van der Waals surface area contributed by atoms with E-state index in [0.717, 1.165) is 21.7 Å². The van der Waals surface area contributed by atoms with Crippen LogP contribution in [-0.4, -0.2) is 18.8 Å². The third kappa shape index (κ3) is 2.37. The van der Waals surface area contributed by atoms with Gasteiger partial charge in [-0.3, -0.25) is 0 Å². The van der Waals surface area contributed by atoms with Gasteiger partial charge in [0.05, 0.1) is 5.03 Å². The van der Waals surface area contributed by atoms with E-state index in [-0.39, 0.29) is 6.04 Å². The molecule has 0 aromatic heterocycles. The Kier molecular flexibility index (Phi) is 3.63. The van der Waals surface area contributed by atoms with Gasteiger partial charge in [0.2, 0.25) is 0 Å². The highest BCUT2D eigenvalue weighted by molar-refractivity contribution is 6.47. The van der Waals surface area contributed by atoms with Crippen LogP contribution in [-0.2, 0) is 0 Å². The molecule has 0 amide bonds. The zero-order valence-electron chi connectivity index (χ0n) is 12.3. The average molecular weight is 329 g/mol. The van der Waals surface area contributed by atoms with E-state index in [9.17, 15) is 13.2 Å². The topological polar surface area (TPSA) is 15.3 Å². The molecular weight excluding hydrogens is 313 g/mol. The molecule has 3 rings (SSSR count). The molecule has 118 valence electrons. The van der Waals surface area contributed by atoms with Crippen LogP contribution in [0.25, 0.3) is 10.6 Å². The van der Waals surface area contributed by atoms with Crippen molar-refractivity contribution in [1.29, 1.82) is 0 Å². The zero-order valence-corrected chi connectivity index (χ0v) is 13.0. The SMILES string of the molecule is CCC1=c2c(ccc3c2=C(Cl)C=CN3)N(CC(F)(F)F)C1C. The summed E-state index contributed by atoms with van der Waals surface area (Å²) >= 11 is 6.32. The Bertz CT molecular complexity index is 765. The first-order chi connectivity index (χ1) is 10.3. The summed E-state index contributed by atoms with van der Waals surface area (Å²) in [6, 6.07) is 3.24. The summed E-state index contributed by atoms with van der Waals surface area (Å²) < 4.78 is 38.7. The lowest BCUT2D eigenvalue weighted by Gasteiger charge is -2.28. The lowest BCUT2D eigenvalue weighted by atomic mass is 10.0. The van der Waals surface area contributed by atoms with Gasteiger partial charge < -0.3 is 10.2 Å². The molecule has 1 unspecified atom stereocenters. The Hall–Kier alpha value is -1.62. The van der Waals surface area contributed by atoms with E-state index in [2.05, 4.69) is 5.32 Å². The van der Waals surface area contributed by atoms with E-state index in [1.165, 1.54) is 4.90 Å². The number of benzene rings is 1. The fourth-order valence-electron chi connectivity index (χ4n) is 3.31. The molecule has 2 aliphatic heterocycles. The molecule has 6 heteroatoms. The van der Waals surface area contributed by atoms with Gasteiger partial charge in [0.1, 0.15) is 6.54 Å². The molecule has 1 atom stereocenters. The second-order valence-electron chi connectivity index (χ2n) is 5.51. The molecule has 0 fully saturated rings. The van der Waals surface area contributed by atoms with Gasteiger partial charge in [0.25, 0.3) is 0 Å². The number of rotatable bonds is 2. The molecule has 1 N–H and O–H groups in total. The molecule has 0 aliphatic carbocycles. The Morgan fingerprint density at radius 1 is 1.27 bits per heavy atom. The number of hydrogen-bond acceptors (Lipinski definition) is 2. The van der Waals surface area contributed by atoms with Gasteiger partial charge in [0.15, 0.2) is 0 Å². The largest absolute Gasteiger partial charge is 0.405 e. The molecule has 0 saturated heterocycles. The van der Waals surface area contributed by atoms with Crippen molar-refractivity contribution in [2.45, 2.75) is 32.5 Å². The van der Waals surface area contributed by atoms with Crippen LogP contribution in [0.1, 0.15) is 20.3 Å². The molecule has 22 heavy (non-hydrogen) atoms. The number of allylic oxidation sites excluding steroid dienone is 1. The summed E-state index contributed by atoms with van der Waals surface area (Å²) in [4.78, 5) is 1.41. The summed E-state index contributed by atoms with van der Waals surface area (Å²) in [5.74, 6) is 0. The van der Waals surface area contributed by atoms with Crippen LogP contribution >= 0.6 is 11.6 Å². The number of anilines is 2. The minimum Gasteiger partial charge on any atom is -0.361 e. The van der Waals surface area contributed by atoms with Gasteiger partial charge in [-0.2, -0.15) is 13.2 Å². The maximum absolute atomic E-state index is 12.9. The highest BCUT2D eigenvalue weighted by Gasteiger charge is 2.37. The third-order valence-electron chi connectivity index (χ3n) is 4.22.